The summed E-state index contributed by atoms with van der Waals surface area (Å²) in [4.78, 5) is 18.4. The van der Waals surface area contributed by atoms with Crippen LogP contribution >= 0.6 is 0 Å². The highest BCUT2D eigenvalue weighted by Crippen LogP contribution is 2.19. The van der Waals surface area contributed by atoms with Crippen LogP contribution in [-0.4, -0.2) is 41.9 Å². The predicted octanol–water partition coefficient (Wildman–Crippen LogP) is 3.14. The molecule has 0 aliphatic carbocycles. The lowest BCUT2D eigenvalue weighted by Gasteiger charge is -2.22. The highest BCUT2D eigenvalue weighted by Gasteiger charge is 2.21. The molecule has 0 saturated heterocycles. The summed E-state index contributed by atoms with van der Waals surface area (Å²) in [6.07, 6.45) is 2.80. The molecule has 0 fully saturated rings. The Labute approximate surface area is 169 Å². The van der Waals surface area contributed by atoms with Crippen molar-refractivity contribution in [3.8, 4) is 0 Å². The lowest BCUT2D eigenvalue weighted by Crippen LogP contribution is -2.33. The van der Waals surface area contributed by atoms with Crippen molar-refractivity contribution in [3.05, 3.63) is 70.9 Å². The SMILES string of the molecule is Cc1cc(CN(CCc2c[nH]c3ccccc23)C(=O)c2cc(C)n(C)n2)n(C)n1. The average Bonchev–Trinajstić information content (AvgIpc) is 3.36. The van der Waals surface area contributed by atoms with Gasteiger partial charge in [0.05, 0.1) is 17.9 Å². The molecule has 0 radical (unpaired) electrons. The standard InChI is InChI=1S/C22H26N6O/c1-15-11-18(27(4)24-15)14-28(22(29)21-12-16(2)26(3)25-21)10-9-17-13-23-20-8-6-5-7-19(17)20/h5-8,11-13,23H,9-10,14H2,1-4H3. The molecular formula is C22H26N6O. The zero-order valence-corrected chi connectivity index (χ0v) is 17.3. The highest BCUT2D eigenvalue weighted by molar-refractivity contribution is 5.92. The maximum atomic E-state index is 13.3. The van der Waals surface area contributed by atoms with E-state index in [0.29, 0.717) is 18.8 Å². The minimum atomic E-state index is -0.0626. The fourth-order valence-electron chi connectivity index (χ4n) is 3.68. The van der Waals surface area contributed by atoms with Crippen LogP contribution < -0.4 is 0 Å². The third-order valence-electron chi connectivity index (χ3n) is 5.40. The van der Waals surface area contributed by atoms with E-state index in [-0.39, 0.29) is 5.91 Å². The van der Waals surface area contributed by atoms with Gasteiger partial charge in [0.2, 0.25) is 0 Å². The molecule has 1 amide bonds. The summed E-state index contributed by atoms with van der Waals surface area (Å²) < 4.78 is 3.57. The van der Waals surface area contributed by atoms with Crippen molar-refractivity contribution in [1.82, 2.24) is 29.4 Å². The Morgan fingerprint density at radius 3 is 2.59 bits per heavy atom. The number of nitrogens with one attached hydrogen (secondary N) is 1. The van der Waals surface area contributed by atoms with Crippen LogP contribution in [0.2, 0.25) is 0 Å². The normalized spacial score (nSPS) is 11.3. The number of aromatic amines is 1. The largest absolute Gasteiger partial charge is 0.361 e. The maximum Gasteiger partial charge on any atom is 0.274 e. The van der Waals surface area contributed by atoms with Gasteiger partial charge in [0, 0.05) is 43.4 Å². The van der Waals surface area contributed by atoms with Crippen LogP contribution in [0, 0.1) is 13.8 Å². The minimum Gasteiger partial charge on any atom is -0.361 e. The van der Waals surface area contributed by atoms with Gasteiger partial charge in [0.25, 0.3) is 5.91 Å². The van der Waals surface area contributed by atoms with Crippen molar-refractivity contribution >= 4 is 16.8 Å². The van der Waals surface area contributed by atoms with Gasteiger partial charge in [-0.15, -0.1) is 0 Å². The second-order valence-electron chi connectivity index (χ2n) is 7.53. The van der Waals surface area contributed by atoms with Crippen LogP contribution in [0.25, 0.3) is 10.9 Å². The Morgan fingerprint density at radius 2 is 1.90 bits per heavy atom. The molecule has 4 aromatic rings. The van der Waals surface area contributed by atoms with Crippen LogP contribution in [0.1, 0.15) is 33.1 Å². The van der Waals surface area contributed by atoms with Gasteiger partial charge in [-0.25, -0.2) is 0 Å². The molecule has 150 valence electrons. The first-order valence-electron chi connectivity index (χ1n) is 9.77. The van der Waals surface area contributed by atoms with Crippen molar-refractivity contribution in [1.29, 1.82) is 0 Å². The summed E-state index contributed by atoms with van der Waals surface area (Å²) in [5, 5.41) is 10.0. The number of carbonyl (C=O) groups excluding carboxylic acids is 1. The van der Waals surface area contributed by atoms with E-state index in [0.717, 1.165) is 29.0 Å². The lowest BCUT2D eigenvalue weighted by atomic mass is 10.1. The molecule has 3 aromatic heterocycles. The summed E-state index contributed by atoms with van der Waals surface area (Å²) in [5.74, 6) is -0.0626. The van der Waals surface area contributed by atoms with Crippen LogP contribution in [0.3, 0.4) is 0 Å². The van der Waals surface area contributed by atoms with Gasteiger partial charge in [-0.2, -0.15) is 10.2 Å². The number of nitrogens with zero attached hydrogens (tertiary/aromatic N) is 5. The Hall–Kier alpha value is -3.35. The smallest absolute Gasteiger partial charge is 0.274 e. The Balaban J connectivity index is 1.60. The number of aryl methyl sites for hydroxylation is 4. The fourth-order valence-corrected chi connectivity index (χ4v) is 3.68. The molecule has 4 rings (SSSR count). The molecule has 29 heavy (non-hydrogen) atoms. The van der Waals surface area contributed by atoms with Crippen LogP contribution in [0.4, 0.5) is 0 Å². The number of fused-ring (bicyclic) bond motifs is 1. The molecule has 0 atom stereocenters. The van der Waals surface area contributed by atoms with E-state index in [1.54, 1.807) is 4.68 Å². The van der Waals surface area contributed by atoms with Crippen LogP contribution in [0.15, 0.2) is 42.6 Å². The van der Waals surface area contributed by atoms with E-state index >= 15 is 0 Å². The Morgan fingerprint density at radius 1 is 1.10 bits per heavy atom. The molecule has 0 unspecified atom stereocenters. The van der Waals surface area contributed by atoms with Crippen LogP contribution in [0.5, 0.6) is 0 Å². The minimum absolute atomic E-state index is 0.0626. The van der Waals surface area contributed by atoms with E-state index < -0.39 is 0 Å². The van der Waals surface area contributed by atoms with Crippen molar-refractivity contribution in [2.45, 2.75) is 26.8 Å². The van der Waals surface area contributed by atoms with Crippen LogP contribution in [-0.2, 0) is 27.1 Å². The molecule has 7 nitrogen and oxygen atoms in total. The number of hydrogen-bond donors (Lipinski definition) is 1. The highest BCUT2D eigenvalue weighted by atomic mass is 16.2. The molecular weight excluding hydrogens is 364 g/mol. The third-order valence-corrected chi connectivity index (χ3v) is 5.40. The molecule has 0 aliphatic rings. The van der Waals surface area contributed by atoms with E-state index in [1.165, 1.54) is 10.9 Å². The first-order valence-corrected chi connectivity index (χ1v) is 9.77. The maximum absolute atomic E-state index is 13.3. The fraction of sp³-hybridized carbons (Fsp3) is 0.318. The lowest BCUT2D eigenvalue weighted by molar-refractivity contribution is 0.0734. The third kappa shape index (κ3) is 3.81. The van der Waals surface area contributed by atoms with E-state index in [1.807, 2.05) is 68.0 Å². The van der Waals surface area contributed by atoms with Crippen molar-refractivity contribution < 1.29 is 4.79 Å². The number of para-hydroxylation sites is 1. The quantitative estimate of drug-likeness (QED) is 0.550. The summed E-state index contributed by atoms with van der Waals surface area (Å²) >= 11 is 0. The monoisotopic (exact) mass is 390 g/mol. The van der Waals surface area contributed by atoms with Gasteiger partial charge in [-0.05, 0) is 44.0 Å². The Kier molecular flexibility index (Phi) is 4.96. The molecule has 0 saturated carbocycles. The number of H-pyrrole nitrogens is 1. The topological polar surface area (TPSA) is 71.7 Å². The second kappa shape index (κ2) is 7.58. The van der Waals surface area contributed by atoms with Gasteiger partial charge < -0.3 is 9.88 Å². The zero-order chi connectivity index (χ0) is 20.5. The Bertz CT molecular complexity index is 1150. The molecule has 1 aromatic carbocycles. The zero-order valence-electron chi connectivity index (χ0n) is 17.3. The first-order chi connectivity index (χ1) is 13.9. The summed E-state index contributed by atoms with van der Waals surface area (Å²) in [7, 11) is 3.77. The molecule has 0 spiro atoms. The van der Waals surface area contributed by atoms with E-state index in [4.69, 9.17) is 0 Å². The van der Waals surface area contributed by atoms with E-state index in [9.17, 15) is 4.79 Å². The van der Waals surface area contributed by atoms with Crippen molar-refractivity contribution in [2.75, 3.05) is 6.54 Å². The van der Waals surface area contributed by atoms with E-state index in [2.05, 4.69) is 27.3 Å². The second-order valence-corrected chi connectivity index (χ2v) is 7.53. The summed E-state index contributed by atoms with van der Waals surface area (Å²) in [5.41, 5.74) is 5.70. The predicted molar refractivity (Wildman–Crippen MR) is 113 cm³/mol. The van der Waals surface area contributed by atoms with Gasteiger partial charge >= 0.3 is 0 Å². The van der Waals surface area contributed by atoms with Gasteiger partial charge in [-0.3, -0.25) is 14.2 Å². The van der Waals surface area contributed by atoms with Crippen molar-refractivity contribution in [2.24, 2.45) is 14.1 Å². The molecule has 0 bridgehead atoms. The number of benzene rings is 1. The van der Waals surface area contributed by atoms with Crippen molar-refractivity contribution in [3.63, 3.8) is 0 Å². The molecule has 7 heteroatoms. The molecule has 0 aliphatic heterocycles. The number of amides is 1. The molecule has 3 heterocycles. The van der Waals surface area contributed by atoms with Gasteiger partial charge in [-0.1, -0.05) is 18.2 Å². The first kappa shape index (κ1) is 19.0. The summed E-state index contributed by atoms with van der Waals surface area (Å²) in [6.45, 7) is 5.00. The number of carbonyl (C=O) groups is 1. The average molecular weight is 390 g/mol. The van der Waals surface area contributed by atoms with Gasteiger partial charge in [0.15, 0.2) is 5.69 Å². The molecule has 1 N–H and O–H groups in total. The van der Waals surface area contributed by atoms with Gasteiger partial charge in [0.1, 0.15) is 0 Å². The number of aromatic nitrogens is 5. The number of rotatable bonds is 6. The number of hydrogen-bond acceptors (Lipinski definition) is 3. The summed E-state index contributed by atoms with van der Waals surface area (Å²) in [6, 6.07) is 12.1.